The van der Waals surface area contributed by atoms with Crippen LogP contribution >= 0.6 is 0 Å². The van der Waals surface area contributed by atoms with E-state index in [2.05, 4.69) is 20.2 Å². The Bertz CT molecular complexity index is 1110. The van der Waals surface area contributed by atoms with Gasteiger partial charge in [-0.05, 0) is 56.0 Å². The number of anilines is 2. The second-order valence-corrected chi connectivity index (χ2v) is 8.23. The van der Waals surface area contributed by atoms with Gasteiger partial charge in [0, 0.05) is 41.8 Å². The summed E-state index contributed by atoms with van der Waals surface area (Å²) < 4.78 is 2.17. The van der Waals surface area contributed by atoms with E-state index in [1.807, 2.05) is 18.2 Å². The number of nitrogens with zero attached hydrogens (tertiary/aromatic N) is 3. The first kappa shape index (κ1) is 18.8. The largest absolute Gasteiger partial charge is 0.355 e. The summed E-state index contributed by atoms with van der Waals surface area (Å²) in [6.45, 7) is 0. The molecule has 2 aromatic heterocycles. The van der Waals surface area contributed by atoms with Crippen molar-refractivity contribution in [3.05, 3.63) is 47.8 Å². The molecule has 2 N–H and O–H groups in total. The number of ketones is 1. The summed E-state index contributed by atoms with van der Waals surface area (Å²) in [5, 5.41) is 6.74. The van der Waals surface area contributed by atoms with E-state index in [-0.39, 0.29) is 17.6 Å². The Kier molecular flexibility index (Phi) is 4.73. The van der Waals surface area contributed by atoms with Crippen LogP contribution in [-0.2, 0) is 0 Å². The van der Waals surface area contributed by atoms with Crippen molar-refractivity contribution in [2.24, 2.45) is 5.92 Å². The average molecular weight is 403 g/mol. The van der Waals surface area contributed by atoms with Gasteiger partial charge in [-0.3, -0.25) is 9.59 Å². The van der Waals surface area contributed by atoms with E-state index in [1.165, 1.54) is 12.8 Å². The zero-order chi connectivity index (χ0) is 20.7. The van der Waals surface area contributed by atoms with Crippen LogP contribution < -0.4 is 10.6 Å². The molecule has 5 rings (SSSR count). The third-order valence-corrected chi connectivity index (χ3v) is 6.10. The third kappa shape index (κ3) is 3.44. The third-order valence-electron chi connectivity index (χ3n) is 6.10. The van der Waals surface area contributed by atoms with Crippen molar-refractivity contribution in [1.82, 2.24) is 19.9 Å². The number of carbonyl (C=O) groups is 2. The average Bonchev–Trinajstić information content (AvgIpc) is 3.35. The second-order valence-electron chi connectivity index (χ2n) is 8.23. The Morgan fingerprint density at radius 3 is 2.47 bits per heavy atom. The first-order chi connectivity index (χ1) is 14.6. The molecule has 0 spiro atoms. The topological polar surface area (TPSA) is 88.9 Å². The maximum absolute atomic E-state index is 12.9. The molecule has 154 valence electrons. The van der Waals surface area contributed by atoms with Gasteiger partial charge in [0.25, 0.3) is 5.91 Å². The van der Waals surface area contributed by atoms with Crippen LogP contribution in [0, 0.1) is 5.92 Å². The number of Topliss-reactive ketones (excluding diaryl/α,β-unsaturated/α-hetero) is 1. The SMILES string of the molecule is CNC(=O)c1ccc(Nc2ncc3cc(C(=O)C4CC4)n(C4CCCC4)c3n2)cc1. The summed E-state index contributed by atoms with van der Waals surface area (Å²) in [7, 11) is 1.61. The molecule has 0 aliphatic heterocycles. The molecule has 1 aromatic carbocycles. The van der Waals surface area contributed by atoms with Crippen molar-refractivity contribution in [3.63, 3.8) is 0 Å². The van der Waals surface area contributed by atoms with Crippen LogP contribution in [0.25, 0.3) is 11.0 Å². The van der Waals surface area contributed by atoms with Crippen LogP contribution in [0.5, 0.6) is 0 Å². The standard InChI is InChI=1S/C23H25N5O2/c1-24-22(30)15-8-10-17(11-9-15)26-23-25-13-16-12-19(20(29)14-6-7-14)28(21(16)27-23)18-4-2-3-5-18/h8-14,18H,2-7H2,1H3,(H,24,30)(H,25,26,27). The molecule has 2 aliphatic carbocycles. The van der Waals surface area contributed by atoms with Crippen LogP contribution in [0.1, 0.15) is 65.4 Å². The second kappa shape index (κ2) is 7.55. The number of nitrogens with one attached hydrogen (secondary N) is 2. The molecule has 2 aliphatic rings. The lowest BCUT2D eigenvalue weighted by Crippen LogP contribution is -2.17. The molecule has 2 heterocycles. The van der Waals surface area contributed by atoms with E-state index in [4.69, 9.17) is 4.98 Å². The van der Waals surface area contributed by atoms with Crippen molar-refractivity contribution in [1.29, 1.82) is 0 Å². The highest BCUT2D eigenvalue weighted by atomic mass is 16.1. The van der Waals surface area contributed by atoms with Crippen molar-refractivity contribution < 1.29 is 9.59 Å². The smallest absolute Gasteiger partial charge is 0.251 e. The van der Waals surface area contributed by atoms with Gasteiger partial charge >= 0.3 is 0 Å². The van der Waals surface area contributed by atoms with Gasteiger partial charge in [0.2, 0.25) is 5.95 Å². The number of fused-ring (bicyclic) bond motifs is 1. The molecule has 0 radical (unpaired) electrons. The minimum Gasteiger partial charge on any atom is -0.355 e. The fourth-order valence-electron chi connectivity index (χ4n) is 4.32. The quantitative estimate of drug-likeness (QED) is 0.601. The minimum absolute atomic E-state index is 0.124. The number of hydrogen-bond donors (Lipinski definition) is 2. The Balaban J connectivity index is 1.49. The number of aromatic nitrogens is 3. The van der Waals surface area contributed by atoms with Gasteiger partial charge in [-0.25, -0.2) is 4.98 Å². The van der Waals surface area contributed by atoms with E-state index >= 15 is 0 Å². The first-order valence-electron chi connectivity index (χ1n) is 10.7. The van der Waals surface area contributed by atoms with Crippen molar-refractivity contribution >= 4 is 34.4 Å². The van der Waals surface area contributed by atoms with Crippen LogP contribution in [0.15, 0.2) is 36.5 Å². The molecular weight excluding hydrogens is 378 g/mol. The van der Waals surface area contributed by atoms with Gasteiger partial charge in [0.05, 0.1) is 5.69 Å². The highest BCUT2D eigenvalue weighted by Crippen LogP contribution is 2.38. The van der Waals surface area contributed by atoms with Gasteiger partial charge in [-0.15, -0.1) is 0 Å². The lowest BCUT2D eigenvalue weighted by Gasteiger charge is -2.17. The first-order valence-corrected chi connectivity index (χ1v) is 10.7. The van der Waals surface area contributed by atoms with E-state index in [0.717, 1.165) is 48.1 Å². The van der Waals surface area contributed by atoms with E-state index < -0.39 is 0 Å². The number of benzene rings is 1. The van der Waals surface area contributed by atoms with Crippen LogP contribution in [0.2, 0.25) is 0 Å². The molecule has 3 aromatic rings. The van der Waals surface area contributed by atoms with Crippen LogP contribution in [-0.4, -0.2) is 33.3 Å². The van der Waals surface area contributed by atoms with E-state index in [1.54, 1.807) is 25.4 Å². The number of amides is 1. The van der Waals surface area contributed by atoms with Gasteiger partial charge in [-0.2, -0.15) is 4.98 Å². The van der Waals surface area contributed by atoms with Crippen molar-refractivity contribution in [2.45, 2.75) is 44.6 Å². The number of hydrogen-bond acceptors (Lipinski definition) is 5. The number of carbonyl (C=O) groups excluding carboxylic acids is 2. The molecule has 7 nitrogen and oxygen atoms in total. The fourth-order valence-corrected chi connectivity index (χ4v) is 4.32. The Labute approximate surface area is 174 Å². The zero-order valence-electron chi connectivity index (χ0n) is 17.0. The lowest BCUT2D eigenvalue weighted by atomic mass is 10.1. The highest BCUT2D eigenvalue weighted by molar-refractivity contribution is 6.02. The van der Waals surface area contributed by atoms with Gasteiger partial charge < -0.3 is 15.2 Å². The summed E-state index contributed by atoms with van der Waals surface area (Å²) in [6.07, 6.45) is 8.33. The summed E-state index contributed by atoms with van der Waals surface area (Å²) in [5.74, 6) is 0.789. The van der Waals surface area contributed by atoms with Crippen LogP contribution in [0.4, 0.5) is 11.6 Å². The Hall–Kier alpha value is -3.22. The summed E-state index contributed by atoms with van der Waals surface area (Å²) in [6, 6.07) is 9.47. The maximum Gasteiger partial charge on any atom is 0.251 e. The molecule has 0 atom stereocenters. The van der Waals surface area contributed by atoms with Crippen molar-refractivity contribution in [2.75, 3.05) is 12.4 Å². The normalized spacial score (nSPS) is 16.7. The van der Waals surface area contributed by atoms with Gasteiger partial charge in [0.1, 0.15) is 5.65 Å². The zero-order valence-corrected chi connectivity index (χ0v) is 17.0. The van der Waals surface area contributed by atoms with Gasteiger partial charge in [-0.1, -0.05) is 12.8 Å². The minimum atomic E-state index is -0.124. The van der Waals surface area contributed by atoms with Crippen LogP contribution in [0.3, 0.4) is 0 Å². The predicted molar refractivity (Wildman–Crippen MR) is 115 cm³/mol. The van der Waals surface area contributed by atoms with Crippen molar-refractivity contribution in [3.8, 4) is 0 Å². The molecule has 2 saturated carbocycles. The molecule has 0 saturated heterocycles. The summed E-state index contributed by atoms with van der Waals surface area (Å²) in [4.78, 5) is 33.9. The number of rotatable bonds is 6. The van der Waals surface area contributed by atoms with E-state index in [9.17, 15) is 9.59 Å². The maximum atomic E-state index is 12.9. The molecule has 1 amide bonds. The Morgan fingerprint density at radius 2 is 1.80 bits per heavy atom. The predicted octanol–water partition coefficient (Wildman–Crippen LogP) is 4.24. The highest BCUT2D eigenvalue weighted by Gasteiger charge is 2.34. The molecule has 30 heavy (non-hydrogen) atoms. The molecule has 0 unspecified atom stereocenters. The molecular formula is C23H25N5O2. The lowest BCUT2D eigenvalue weighted by molar-refractivity contribution is 0.0951. The fraction of sp³-hybridized carbons (Fsp3) is 0.391. The monoisotopic (exact) mass is 403 g/mol. The summed E-state index contributed by atoms with van der Waals surface area (Å²) >= 11 is 0. The molecule has 0 bridgehead atoms. The Morgan fingerprint density at radius 1 is 1.07 bits per heavy atom. The summed E-state index contributed by atoms with van der Waals surface area (Å²) in [5.41, 5.74) is 3.01. The molecule has 7 heteroatoms. The molecule has 2 fully saturated rings. The van der Waals surface area contributed by atoms with Gasteiger partial charge in [0.15, 0.2) is 5.78 Å². The van der Waals surface area contributed by atoms with E-state index in [0.29, 0.717) is 17.6 Å².